The zero-order valence-corrected chi connectivity index (χ0v) is 13.2. The monoisotopic (exact) mass is 307 g/mol. The van der Waals surface area contributed by atoms with Crippen LogP contribution in [0.2, 0.25) is 5.02 Å². The number of anilines is 1. The van der Waals surface area contributed by atoms with E-state index in [2.05, 4.69) is 23.3 Å². The molecule has 1 aliphatic rings. The number of nitrogens with zero attached hydrogens (tertiary/aromatic N) is 1. The normalized spacial score (nSPS) is 19.8. The van der Waals surface area contributed by atoms with Gasteiger partial charge in [-0.05, 0) is 55.0 Å². The number of benzene rings is 1. The molecular weight excluding hydrogens is 290 g/mol. The van der Waals surface area contributed by atoms with Crippen molar-refractivity contribution >= 4 is 28.6 Å². The molecule has 1 N–H and O–H groups in total. The number of hydrogen-bond acceptors (Lipinski definition) is 3. The summed E-state index contributed by atoms with van der Waals surface area (Å²) in [6.07, 6.45) is 0.593. The maximum Gasteiger partial charge on any atom is 0.0762 e. The van der Waals surface area contributed by atoms with Gasteiger partial charge in [-0.1, -0.05) is 17.7 Å². The van der Waals surface area contributed by atoms with Gasteiger partial charge >= 0.3 is 0 Å². The summed E-state index contributed by atoms with van der Waals surface area (Å²) in [4.78, 5) is 3.84. The highest BCUT2D eigenvalue weighted by Crippen LogP contribution is 2.39. The second-order valence-corrected chi connectivity index (χ2v) is 6.71. The zero-order valence-electron chi connectivity index (χ0n) is 11.6. The van der Waals surface area contributed by atoms with Crippen molar-refractivity contribution in [1.29, 1.82) is 0 Å². The fraction of sp³-hybridized carbons (Fsp3) is 0.375. The average Bonchev–Trinajstić information content (AvgIpc) is 2.89. The second kappa shape index (κ2) is 5.40. The van der Waals surface area contributed by atoms with Gasteiger partial charge in [0.25, 0.3) is 0 Å². The van der Waals surface area contributed by atoms with Crippen LogP contribution in [-0.2, 0) is 6.42 Å². The Morgan fingerprint density at radius 2 is 2.20 bits per heavy atom. The second-order valence-electron chi connectivity index (χ2n) is 5.31. The third-order valence-corrected chi connectivity index (χ3v) is 5.34. The van der Waals surface area contributed by atoms with Gasteiger partial charge in [0.05, 0.1) is 22.9 Å². The Hall–Kier alpha value is -1.03. The summed E-state index contributed by atoms with van der Waals surface area (Å²) in [5, 5.41) is 12.5. The van der Waals surface area contributed by atoms with E-state index in [4.69, 9.17) is 11.6 Å². The van der Waals surface area contributed by atoms with Crippen LogP contribution >= 0.6 is 22.9 Å². The van der Waals surface area contributed by atoms with Crippen molar-refractivity contribution < 1.29 is 5.11 Å². The first-order valence-corrected chi connectivity index (χ1v) is 8.14. The molecule has 2 heterocycles. The van der Waals surface area contributed by atoms with Crippen LogP contribution in [0.5, 0.6) is 0 Å². The molecule has 0 amide bonds. The highest BCUT2D eigenvalue weighted by molar-refractivity contribution is 7.10. The lowest BCUT2D eigenvalue weighted by Gasteiger charge is -2.36. The molecular formula is C16H18ClNOS. The van der Waals surface area contributed by atoms with Crippen molar-refractivity contribution in [1.82, 2.24) is 0 Å². The lowest BCUT2D eigenvalue weighted by Crippen LogP contribution is -2.33. The summed E-state index contributed by atoms with van der Waals surface area (Å²) in [7, 11) is 0. The van der Waals surface area contributed by atoms with Gasteiger partial charge in [-0.15, -0.1) is 11.3 Å². The van der Waals surface area contributed by atoms with E-state index in [0.29, 0.717) is 11.1 Å². The minimum Gasteiger partial charge on any atom is -0.389 e. The fourth-order valence-corrected chi connectivity index (χ4v) is 4.11. The lowest BCUT2D eigenvalue weighted by atomic mass is 10.00. The molecule has 1 aliphatic heterocycles. The van der Waals surface area contributed by atoms with Gasteiger partial charge in [0.2, 0.25) is 0 Å². The Morgan fingerprint density at radius 1 is 1.40 bits per heavy atom. The third-order valence-electron chi connectivity index (χ3n) is 4.04. The van der Waals surface area contributed by atoms with Crippen molar-refractivity contribution in [3.05, 3.63) is 50.7 Å². The number of fused-ring (bicyclic) bond motifs is 1. The molecule has 2 nitrogen and oxygen atoms in total. The molecule has 0 aliphatic carbocycles. The Kier molecular flexibility index (Phi) is 3.76. The summed E-state index contributed by atoms with van der Waals surface area (Å²) < 4.78 is 0. The zero-order chi connectivity index (χ0) is 14.3. The number of thiophene rings is 1. The molecule has 2 aromatic rings. The molecule has 0 saturated carbocycles. The highest BCUT2D eigenvalue weighted by Gasteiger charge is 2.26. The van der Waals surface area contributed by atoms with Gasteiger partial charge in [-0.25, -0.2) is 0 Å². The highest BCUT2D eigenvalue weighted by atomic mass is 35.5. The van der Waals surface area contributed by atoms with Gasteiger partial charge in [-0.2, -0.15) is 0 Å². The molecule has 0 spiro atoms. The van der Waals surface area contributed by atoms with Crippen molar-refractivity contribution in [3.63, 3.8) is 0 Å². The van der Waals surface area contributed by atoms with Gasteiger partial charge in [-0.3, -0.25) is 0 Å². The SMILES string of the molecule is CC1c2ccsc2CCN1c1ccc([C@@H](C)O)cc1Cl. The van der Waals surface area contributed by atoms with Crippen LogP contribution in [0.1, 0.15) is 42.0 Å². The van der Waals surface area contributed by atoms with E-state index in [9.17, 15) is 5.11 Å². The third kappa shape index (κ3) is 2.34. The number of aliphatic hydroxyl groups excluding tert-OH is 1. The Balaban J connectivity index is 1.94. The number of halogens is 1. The molecule has 0 radical (unpaired) electrons. The predicted octanol–water partition coefficient (Wildman–Crippen LogP) is 4.58. The van der Waals surface area contributed by atoms with E-state index >= 15 is 0 Å². The van der Waals surface area contributed by atoms with Gasteiger partial charge in [0.1, 0.15) is 0 Å². The molecule has 1 unspecified atom stereocenters. The summed E-state index contributed by atoms with van der Waals surface area (Å²) in [5.74, 6) is 0. The Morgan fingerprint density at radius 3 is 2.90 bits per heavy atom. The van der Waals surface area contributed by atoms with Crippen LogP contribution in [-0.4, -0.2) is 11.7 Å². The molecule has 0 fully saturated rings. The molecule has 20 heavy (non-hydrogen) atoms. The standard InChI is InChI=1S/C16H18ClNOS/c1-10-13-6-8-20-16(13)5-7-18(10)15-4-3-12(11(2)19)9-14(15)17/h3-4,6,8-11,19H,5,7H2,1-2H3/t10?,11-/m1/s1. The number of rotatable bonds is 2. The Labute approximate surface area is 128 Å². The molecule has 4 heteroatoms. The van der Waals surface area contributed by atoms with E-state index in [-0.39, 0.29) is 0 Å². The van der Waals surface area contributed by atoms with Crippen molar-refractivity contribution in [2.75, 3.05) is 11.4 Å². The molecule has 0 saturated heterocycles. The van der Waals surface area contributed by atoms with Crippen LogP contribution in [0.3, 0.4) is 0 Å². The fourth-order valence-electron chi connectivity index (χ4n) is 2.85. The maximum absolute atomic E-state index is 9.63. The first-order chi connectivity index (χ1) is 9.58. The minimum atomic E-state index is -0.483. The molecule has 1 aromatic heterocycles. The molecule has 2 atom stereocenters. The van der Waals surface area contributed by atoms with Gasteiger partial charge < -0.3 is 10.0 Å². The average molecular weight is 308 g/mol. The summed E-state index contributed by atoms with van der Waals surface area (Å²) in [6.45, 7) is 4.97. The van der Waals surface area contributed by atoms with E-state index in [1.165, 1.54) is 10.4 Å². The largest absolute Gasteiger partial charge is 0.389 e. The van der Waals surface area contributed by atoms with E-state index in [1.54, 1.807) is 6.92 Å². The van der Waals surface area contributed by atoms with Crippen LogP contribution in [0.4, 0.5) is 5.69 Å². The Bertz CT molecular complexity index is 623. The first-order valence-electron chi connectivity index (χ1n) is 6.88. The van der Waals surface area contributed by atoms with Crippen LogP contribution < -0.4 is 4.90 Å². The molecule has 0 bridgehead atoms. The number of aliphatic hydroxyl groups is 1. The van der Waals surface area contributed by atoms with E-state index < -0.39 is 6.10 Å². The minimum absolute atomic E-state index is 0.347. The predicted molar refractivity (Wildman–Crippen MR) is 85.9 cm³/mol. The van der Waals surface area contributed by atoms with Crippen LogP contribution in [0.25, 0.3) is 0 Å². The molecule has 3 rings (SSSR count). The lowest BCUT2D eigenvalue weighted by molar-refractivity contribution is 0.199. The van der Waals surface area contributed by atoms with E-state index in [1.807, 2.05) is 29.5 Å². The maximum atomic E-state index is 9.63. The first kappa shape index (κ1) is 13.9. The summed E-state index contributed by atoms with van der Waals surface area (Å²) in [5.41, 5.74) is 3.33. The quantitative estimate of drug-likeness (QED) is 0.878. The van der Waals surface area contributed by atoms with Crippen molar-refractivity contribution in [2.24, 2.45) is 0 Å². The van der Waals surface area contributed by atoms with Crippen LogP contribution in [0, 0.1) is 0 Å². The summed E-state index contributed by atoms with van der Waals surface area (Å²) >= 11 is 8.27. The summed E-state index contributed by atoms with van der Waals surface area (Å²) in [6, 6.07) is 8.42. The van der Waals surface area contributed by atoms with Crippen molar-refractivity contribution in [2.45, 2.75) is 32.4 Å². The smallest absolute Gasteiger partial charge is 0.0762 e. The van der Waals surface area contributed by atoms with Gasteiger partial charge in [0, 0.05) is 11.4 Å². The van der Waals surface area contributed by atoms with Crippen LogP contribution in [0.15, 0.2) is 29.6 Å². The molecule has 106 valence electrons. The van der Waals surface area contributed by atoms with Crippen molar-refractivity contribution in [3.8, 4) is 0 Å². The topological polar surface area (TPSA) is 23.5 Å². The number of hydrogen-bond donors (Lipinski definition) is 1. The molecule has 1 aromatic carbocycles. The van der Waals surface area contributed by atoms with Gasteiger partial charge in [0.15, 0.2) is 0 Å². The van der Waals surface area contributed by atoms with E-state index in [0.717, 1.165) is 24.2 Å².